The number of rotatable bonds is 5. The van der Waals surface area contributed by atoms with Crippen molar-refractivity contribution in [2.45, 2.75) is 25.8 Å². The van der Waals surface area contributed by atoms with Gasteiger partial charge in [0.2, 0.25) is 0 Å². The van der Waals surface area contributed by atoms with Crippen molar-refractivity contribution in [3.8, 4) is 11.4 Å². The van der Waals surface area contributed by atoms with Crippen LogP contribution in [0.1, 0.15) is 30.3 Å². The molecule has 1 aromatic heterocycles. The molecule has 0 saturated carbocycles. The van der Waals surface area contributed by atoms with E-state index in [-0.39, 0.29) is 0 Å². The van der Waals surface area contributed by atoms with Gasteiger partial charge in [-0.2, -0.15) is 0 Å². The highest BCUT2D eigenvalue weighted by atomic mass is 15.2. The molecule has 1 saturated heterocycles. The number of benzene rings is 1. The molecular weight excluding hydrogens is 272 g/mol. The van der Waals surface area contributed by atoms with Crippen LogP contribution in [-0.2, 0) is 7.05 Å². The zero-order chi connectivity index (χ0) is 15.5. The maximum atomic E-state index is 4.86. The van der Waals surface area contributed by atoms with Crippen molar-refractivity contribution in [3.05, 3.63) is 41.7 Å². The molecule has 1 atom stereocenters. The molecule has 1 fully saturated rings. The third-order valence-electron chi connectivity index (χ3n) is 4.65. The van der Waals surface area contributed by atoms with Gasteiger partial charge in [-0.3, -0.25) is 4.90 Å². The summed E-state index contributed by atoms with van der Waals surface area (Å²) in [5.41, 5.74) is 3.67. The van der Waals surface area contributed by atoms with Gasteiger partial charge in [0.25, 0.3) is 0 Å². The monoisotopic (exact) mass is 298 g/mol. The van der Waals surface area contributed by atoms with Gasteiger partial charge in [0.1, 0.15) is 5.82 Å². The zero-order valence-electron chi connectivity index (χ0n) is 13.8. The predicted octanol–water partition coefficient (Wildman–Crippen LogP) is 2.75. The Morgan fingerprint density at radius 2 is 1.86 bits per heavy atom. The number of imidazole rings is 1. The van der Waals surface area contributed by atoms with Crippen LogP contribution in [0.5, 0.6) is 0 Å². The maximum absolute atomic E-state index is 4.86. The number of aromatic nitrogens is 2. The summed E-state index contributed by atoms with van der Waals surface area (Å²) in [6.45, 7) is 5.49. The van der Waals surface area contributed by atoms with Gasteiger partial charge in [0.05, 0.1) is 17.4 Å². The number of nitrogens with one attached hydrogen (secondary N) is 1. The second-order valence-corrected chi connectivity index (χ2v) is 6.15. The molecule has 0 radical (unpaired) electrons. The van der Waals surface area contributed by atoms with E-state index in [1.165, 1.54) is 37.2 Å². The van der Waals surface area contributed by atoms with Gasteiger partial charge in [0, 0.05) is 19.2 Å². The summed E-state index contributed by atoms with van der Waals surface area (Å²) in [6.07, 6.45) is 2.62. The molecule has 2 heterocycles. The fourth-order valence-corrected chi connectivity index (χ4v) is 3.60. The minimum Gasteiger partial charge on any atom is -0.329 e. The molecule has 1 aliphatic rings. The highest BCUT2D eigenvalue weighted by molar-refractivity contribution is 5.56. The van der Waals surface area contributed by atoms with Gasteiger partial charge in [-0.25, -0.2) is 4.98 Å². The van der Waals surface area contributed by atoms with E-state index in [0.29, 0.717) is 6.04 Å². The molecule has 0 aliphatic carbocycles. The number of likely N-dealkylation sites (N-methyl/N-ethyl adjacent to an activating group) is 1. The molecule has 1 aliphatic heterocycles. The highest BCUT2D eigenvalue weighted by Crippen LogP contribution is 2.30. The number of aryl methyl sites for hydroxylation is 1. The van der Waals surface area contributed by atoms with Crippen molar-refractivity contribution in [1.29, 1.82) is 0 Å². The van der Waals surface area contributed by atoms with E-state index in [2.05, 4.69) is 53.0 Å². The summed E-state index contributed by atoms with van der Waals surface area (Å²) < 4.78 is 2.28. The summed E-state index contributed by atoms with van der Waals surface area (Å²) in [7, 11) is 4.18. The van der Waals surface area contributed by atoms with Gasteiger partial charge in [-0.15, -0.1) is 0 Å². The zero-order valence-corrected chi connectivity index (χ0v) is 13.8. The van der Waals surface area contributed by atoms with E-state index in [4.69, 9.17) is 4.98 Å². The lowest BCUT2D eigenvalue weighted by molar-refractivity contribution is 0.233. The second-order valence-electron chi connectivity index (χ2n) is 6.15. The molecule has 1 aromatic carbocycles. The Balaban J connectivity index is 2.00. The third kappa shape index (κ3) is 2.81. The van der Waals surface area contributed by atoms with Crippen molar-refractivity contribution in [2.24, 2.45) is 7.05 Å². The lowest BCUT2D eigenvalue weighted by Gasteiger charge is -2.28. The lowest BCUT2D eigenvalue weighted by atomic mass is 10.1. The van der Waals surface area contributed by atoms with Gasteiger partial charge < -0.3 is 9.88 Å². The Kier molecular flexibility index (Phi) is 4.60. The Bertz CT molecular complexity index is 612. The molecule has 0 spiro atoms. The van der Waals surface area contributed by atoms with Crippen molar-refractivity contribution < 1.29 is 0 Å². The smallest absolute Gasteiger partial charge is 0.140 e. The highest BCUT2D eigenvalue weighted by Gasteiger charge is 2.28. The molecule has 4 heteroatoms. The quantitative estimate of drug-likeness (QED) is 0.921. The topological polar surface area (TPSA) is 33.1 Å². The van der Waals surface area contributed by atoms with E-state index in [9.17, 15) is 0 Å². The SMILES string of the molecule is CNCC(c1c(C)nc(-c2ccccc2)n1C)N1CCCC1. The van der Waals surface area contributed by atoms with Crippen LogP contribution < -0.4 is 5.32 Å². The van der Waals surface area contributed by atoms with Crippen LogP contribution in [-0.4, -0.2) is 41.1 Å². The van der Waals surface area contributed by atoms with E-state index in [1.807, 2.05) is 13.1 Å². The summed E-state index contributed by atoms with van der Waals surface area (Å²) in [4.78, 5) is 7.46. The second kappa shape index (κ2) is 6.63. The summed E-state index contributed by atoms with van der Waals surface area (Å²) in [5.74, 6) is 1.06. The van der Waals surface area contributed by atoms with E-state index < -0.39 is 0 Å². The van der Waals surface area contributed by atoms with Crippen LogP contribution in [0.15, 0.2) is 30.3 Å². The fraction of sp³-hybridized carbons (Fsp3) is 0.500. The number of likely N-dealkylation sites (tertiary alicyclic amines) is 1. The predicted molar refractivity (Wildman–Crippen MR) is 90.9 cm³/mol. The molecular formula is C18H26N4. The first-order chi connectivity index (χ1) is 10.7. The minimum absolute atomic E-state index is 0.405. The summed E-state index contributed by atoms with van der Waals surface area (Å²) >= 11 is 0. The van der Waals surface area contributed by atoms with Crippen LogP contribution in [0.25, 0.3) is 11.4 Å². The van der Waals surface area contributed by atoms with Crippen LogP contribution in [0, 0.1) is 6.92 Å². The van der Waals surface area contributed by atoms with E-state index in [1.54, 1.807) is 0 Å². The van der Waals surface area contributed by atoms with E-state index in [0.717, 1.165) is 18.1 Å². The molecule has 118 valence electrons. The van der Waals surface area contributed by atoms with E-state index >= 15 is 0 Å². The molecule has 1 N–H and O–H groups in total. The molecule has 0 amide bonds. The van der Waals surface area contributed by atoms with Gasteiger partial charge >= 0.3 is 0 Å². The molecule has 2 aromatic rings. The first kappa shape index (κ1) is 15.3. The van der Waals surface area contributed by atoms with Crippen LogP contribution in [0.4, 0.5) is 0 Å². The molecule has 1 unspecified atom stereocenters. The number of hydrogen-bond donors (Lipinski definition) is 1. The lowest BCUT2D eigenvalue weighted by Crippen LogP contribution is -2.34. The van der Waals surface area contributed by atoms with Crippen LogP contribution in [0.2, 0.25) is 0 Å². The minimum atomic E-state index is 0.405. The Labute approximate surface area is 133 Å². The first-order valence-corrected chi connectivity index (χ1v) is 8.19. The van der Waals surface area contributed by atoms with Crippen molar-refractivity contribution in [1.82, 2.24) is 19.8 Å². The average molecular weight is 298 g/mol. The average Bonchev–Trinajstić information content (AvgIpc) is 3.15. The van der Waals surface area contributed by atoms with Crippen LogP contribution in [0.3, 0.4) is 0 Å². The normalized spacial score (nSPS) is 17.0. The Hall–Kier alpha value is -1.65. The summed E-state index contributed by atoms with van der Waals surface area (Å²) in [5, 5.41) is 3.36. The largest absolute Gasteiger partial charge is 0.329 e. The van der Waals surface area contributed by atoms with Gasteiger partial charge in [-0.1, -0.05) is 30.3 Å². The van der Waals surface area contributed by atoms with Crippen molar-refractivity contribution in [2.75, 3.05) is 26.7 Å². The van der Waals surface area contributed by atoms with Crippen molar-refractivity contribution in [3.63, 3.8) is 0 Å². The number of nitrogens with zero attached hydrogens (tertiary/aromatic N) is 3. The van der Waals surface area contributed by atoms with Gasteiger partial charge in [-0.05, 0) is 39.9 Å². The molecule has 4 nitrogen and oxygen atoms in total. The molecule has 22 heavy (non-hydrogen) atoms. The number of hydrogen-bond acceptors (Lipinski definition) is 3. The summed E-state index contributed by atoms with van der Waals surface area (Å²) in [6, 6.07) is 10.9. The molecule has 3 rings (SSSR count). The standard InChI is InChI=1S/C18H26N4/c1-14-17(16(13-19-2)22-11-7-8-12-22)21(3)18(20-14)15-9-5-4-6-10-15/h4-6,9-10,16,19H,7-8,11-13H2,1-3H3. The Morgan fingerprint density at radius 1 is 1.18 bits per heavy atom. The maximum Gasteiger partial charge on any atom is 0.140 e. The fourth-order valence-electron chi connectivity index (χ4n) is 3.60. The van der Waals surface area contributed by atoms with Crippen LogP contribution >= 0.6 is 0 Å². The van der Waals surface area contributed by atoms with Crippen molar-refractivity contribution >= 4 is 0 Å². The first-order valence-electron chi connectivity index (χ1n) is 8.19. The third-order valence-corrected chi connectivity index (χ3v) is 4.65. The van der Waals surface area contributed by atoms with Gasteiger partial charge in [0.15, 0.2) is 0 Å². The Morgan fingerprint density at radius 3 is 2.50 bits per heavy atom. The molecule has 0 bridgehead atoms.